The highest BCUT2D eigenvalue weighted by molar-refractivity contribution is 14.0. The molecule has 0 aliphatic rings. The lowest BCUT2D eigenvalue weighted by molar-refractivity contribution is 0.223. The second kappa shape index (κ2) is 12.5. The number of benzene rings is 2. The first-order valence-electron chi connectivity index (χ1n) is 8.97. The number of aliphatic imine (C=N–C) groups is 1. The molecule has 0 aliphatic carbocycles. The van der Waals surface area contributed by atoms with Gasteiger partial charge in [0.25, 0.3) is 0 Å². The quantitative estimate of drug-likeness (QED) is 0.293. The van der Waals surface area contributed by atoms with Gasteiger partial charge in [-0.25, -0.2) is 8.42 Å². The molecule has 0 radical (unpaired) electrons. The lowest BCUT2D eigenvalue weighted by Crippen LogP contribution is -2.43. The molecule has 1 unspecified atom stereocenters. The van der Waals surface area contributed by atoms with Gasteiger partial charge in [-0.15, -0.1) is 24.0 Å². The number of guanidine groups is 1. The highest BCUT2D eigenvalue weighted by Gasteiger charge is 2.14. The third-order valence-electron chi connectivity index (χ3n) is 3.92. The predicted molar refractivity (Wildman–Crippen MR) is 126 cm³/mol. The van der Waals surface area contributed by atoms with E-state index in [1.807, 2.05) is 31.2 Å². The van der Waals surface area contributed by atoms with Crippen molar-refractivity contribution in [2.75, 3.05) is 33.0 Å². The van der Waals surface area contributed by atoms with E-state index in [4.69, 9.17) is 9.47 Å². The van der Waals surface area contributed by atoms with E-state index < -0.39 is 9.84 Å². The van der Waals surface area contributed by atoms with Crippen LogP contribution in [0.2, 0.25) is 0 Å². The van der Waals surface area contributed by atoms with Gasteiger partial charge >= 0.3 is 0 Å². The summed E-state index contributed by atoms with van der Waals surface area (Å²) in [5.41, 5.74) is 0. The number of nitrogens with zero attached hydrogens (tertiary/aromatic N) is 1. The molecule has 0 aliphatic heterocycles. The summed E-state index contributed by atoms with van der Waals surface area (Å²) in [6.07, 6.45) is -0.126. The number of methoxy groups -OCH3 is 1. The molecule has 0 aromatic heterocycles. The molecule has 7 nitrogen and oxygen atoms in total. The molecule has 2 rings (SSSR count). The van der Waals surface area contributed by atoms with Crippen LogP contribution in [0.1, 0.15) is 6.92 Å². The van der Waals surface area contributed by atoms with Gasteiger partial charge in [-0.2, -0.15) is 0 Å². The van der Waals surface area contributed by atoms with Crippen LogP contribution < -0.4 is 20.1 Å². The molecule has 2 aromatic carbocycles. The summed E-state index contributed by atoms with van der Waals surface area (Å²) >= 11 is 0. The Hall–Kier alpha value is -2.01. The summed E-state index contributed by atoms with van der Waals surface area (Å²) in [6.45, 7) is 2.68. The maximum absolute atomic E-state index is 12.3. The summed E-state index contributed by atoms with van der Waals surface area (Å²) in [5, 5.41) is 6.15. The van der Waals surface area contributed by atoms with Gasteiger partial charge in [0.1, 0.15) is 17.6 Å². The Bertz CT molecular complexity index is 876. The molecule has 2 aromatic rings. The van der Waals surface area contributed by atoms with Crippen molar-refractivity contribution in [3.05, 3.63) is 54.6 Å². The fourth-order valence-electron chi connectivity index (χ4n) is 2.46. The van der Waals surface area contributed by atoms with E-state index in [-0.39, 0.29) is 42.4 Å². The molecular weight excluding hydrogens is 505 g/mol. The third-order valence-corrected chi connectivity index (χ3v) is 5.66. The number of hydrogen-bond donors (Lipinski definition) is 2. The summed E-state index contributed by atoms with van der Waals surface area (Å²) in [6, 6.07) is 15.8. The summed E-state index contributed by atoms with van der Waals surface area (Å²) in [7, 11) is -0.0822. The van der Waals surface area contributed by atoms with Crippen LogP contribution in [0.5, 0.6) is 11.5 Å². The zero-order chi connectivity index (χ0) is 20.4. The van der Waals surface area contributed by atoms with Gasteiger partial charge in [0.05, 0.1) is 24.3 Å². The standard InChI is InChI=1S/C20H27N3O4S.HI/c1-16(27-18-9-7-8-17(14-18)26-3)15-23-20(21-2)22-12-13-28(24,25)19-10-5-4-6-11-19;/h4-11,14,16H,12-13,15H2,1-3H3,(H2,21,22,23);1H. The number of sulfone groups is 1. The number of nitrogens with one attached hydrogen (secondary N) is 2. The maximum Gasteiger partial charge on any atom is 0.191 e. The van der Waals surface area contributed by atoms with Crippen molar-refractivity contribution in [3.63, 3.8) is 0 Å². The molecule has 0 heterocycles. The highest BCUT2D eigenvalue weighted by atomic mass is 127. The second-order valence-electron chi connectivity index (χ2n) is 6.12. The first-order valence-corrected chi connectivity index (χ1v) is 10.6. The van der Waals surface area contributed by atoms with Crippen LogP contribution >= 0.6 is 24.0 Å². The Morgan fingerprint density at radius 3 is 2.41 bits per heavy atom. The van der Waals surface area contributed by atoms with Gasteiger partial charge in [0.15, 0.2) is 15.8 Å². The smallest absolute Gasteiger partial charge is 0.191 e. The third kappa shape index (κ3) is 8.48. The zero-order valence-electron chi connectivity index (χ0n) is 16.8. The second-order valence-corrected chi connectivity index (χ2v) is 8.23. The van der Waals surface area contributed by atoms with Crippen molar-refractivity contribution in [2.45, 2.75) is 17.9 Å². The molecule has 1 atom stereocenters. The van der Waals surface area contributed by atoms with Gasteiger partial charge in [-0.3, -0.25) is 4.99 Å². The Morgan fingerprint density at radius 2 is 1.76 bits per heavy atom. The normalized spacial score (nSPS) is 12.4. The maximum atomic E-state index is 12.3. The predicted octanol–water partition coefficient (Wildman–Crippen LogP) is 2.72. The van der Waals surface area contributed by atoms with E-state index in [1.54, 1.807) is 44.5 Å². The van der Waals surface area contributed by atoms with E-state index in [2.05, 4.69) is 15.6 Å². The Balaban J connectivity index is 0.00000420. The number of halogens is 1. The molecule has 0 fully saturated rings. The Labute approximate surface area is 189 Å². The molecule has 160 valence electrons. The van der Waals surface area contributed by atoms with Crippen LogP contribution in [0.15, 0.2) is 64.5 Å². The summed E-state index contributed by atoms with van der Waals surface area (Å²) in [5.74, 6) is 1.94. The molecular formula is C20H28IN3O4S. The Morgan fingerprint density at radius 1 is 1.07 bits per heavy atom. The molecule has 0 amide bonds. The van der Waals surface area contributed by atoms with Crippen molar-refractivity contribution in [1.29, 1.82) is 0 Å². The Kier molecular flexibility index (Phi) is 10.8. The van der Waals surface area contributed by atoms with Crippen LogP contribution in [0.25, 0.3) is 0 Å². The molecule has 9 heteroatoms. The molecule has 0 saturated carbocycles. The fraction of sp³-hybridized carbons (Fsp3) is 0.350. The average molecular weight is 533 g/mol. The van der Waals surface area contributed by atoms with Crippen LogP contribution in [-0.4, -0.2) is 53.5 Å². The van der Waals surface area contributed by atoms with Crippen LogP contribution in [0.3, 0.4) is 0 Å². The number of ether oxygens (including phenoxy) is 2. The fourth-order valence-corrected chi connectivity index (χ4v) is 3.64. The van der Waals surface area contributed by atoms with E-state index >= 15 is 0 Å². The molecule has 0 spiro atoms. The van der Waals surface area contributed by atoms with E-state index in [0.717, 1.165) is 5.75 Å². The minimum Gasteiger partial charge on any atom is -0.497 e. The molecule has 0 saturated heterocycles. The SMILES string of the molecule is CN=C(NCCS(=O)(=O)c1ccccc1)NCC(C)Oc1cccc(OC)c1.I. The van der Waals surface area contributed by atoms with Crippen molar-refractivity contribution in [1.82, 2.24) is 10.6 Å². The highest BCUT2D eigenvalue weighted by Crippen LogP contribution is 2.19. The monoisotopic (exact) mass is 533 g/mol. The van der Waals surface area contributed by atoms with Crippen LogP contribution in [0, 0.1) is 0 Å². The van der Waals surface area contributed by atoms with Gasteiger partial charge in [-0.05, 0) is 31.2 Å². The van der Waals surface area contributed by atoms with Crippen molar-refractivity contribution >= 4 is 39.8 Å². The first kappa shape index (κ1) is 25.0. The van der Waals surface area contributed by atoms with Gasteiger partial charge in [0.2, 0.25) is 0 Å². The minimum absolute atomic E-state index is 0. The first-order chi connectivity index (χ1) is 13.4. The molecule has 29 heavy (non-hydrogen) atoms. The lowest BCUT2D eigenvalue weighted by Gasteiger charge is -2.18. The van der Waals surface area contributed by atoms with E-state index in [0.29, 0.717) is 23.1 Å². The van der Waals surface area contributed by atoms with E-state index in [9.17, 15) is 8.42 Å². The number of rotatable bonds is 9. The van der Waals surface area contributed by atoms with E-state index in [1.165, 1.54) is 0 Å². The molecule has 0 bridgehead atoms. The largest absolute Gasteiger partial charge is 0.497 e. The van der Waals surface area contributed by atoms with Crippen LogP contribution in [0.4, 0.5) is 0 Å². The zero-order valence-corrected chi connectivity index (χ0v) is 19.9. The average Bonchev–Trinajstić information content (AvgIpc) is 2.71. The van der Waals surface area contributed by atoms with Crippen molar-refractivity contribution in [3.8, 4) is 11.5 Å². The minimum atomic E-state index is -3.32. The topological polar surface area (TPSA) is 89.0 Å². The number of hydrogen-bond acceptors (Lipinski definition) is 5. The van der Waals surface area contributed by atoms with Gasteiger partial charge < -0.3 is 20.1 Å². The van der Waals surface area contributed by atoms with Crippen molar-refractivity contribution < 1.29 is 17.9 Å². The van der Waals surface area contributed by atoms with Gasteiger partial charge in [0, 0.05) is 19.7 Å². The summed E-state index contributed by atoms with van der Waals surface area (Å²) in [4.78, 5) is 4.43. The van der Waals surface area contributed by atoms with Crippen molar-refractivity contribution in [2.24, 2.45) is 4.99 Å². The molecule has 2 N–H and O–H groups in total. The lowest BCUT2D eigenvalue weighted by atomic mass is 10.3. The summed E-state index contributed by atoms with van der Waals surface area (Å²) < 4.78 is 35.6. The van der Waals surface area contributed by atoms with Crippen LogP contribution in [-0.2, 0) is 9.84 Å². The van der Waals surface area contributed by atoms with Gasteiger partial charge in [-0.1, -0.05) is 24.3 Å².